The molecule has 1 aromatic carbocycles. The summed E-state index contributed by atoms with van der Waals surface area (Å²) >= 11 is 0. The Labute approximate surface area is 83.1 Å². The van der Waals surface area contributed by atoms with E-state index in [-0.39, 0.29) is 5.78 Å². The van der Waals surface area contributed by atoms with E-state index in [9.17, 15) is 4.79 Å². The molecule has 0 aliphatic carbocycles. The number of hydrogen-bond acceptors (Lipinski definition) is 3. The van der Waals surface area contributed by atoms with E-state index in [1.165, 1.54) is 0 Å². The van der Waals surface area contributed by atoms with Crippen LogP contribution in [0.2, 0.25) is 0 Å². The molecule has 3 heteroatoms. The largest absolute Gasteiger partial charge is 0.490 e. The molecule has 0 amide bonds. The molecule has 0 bridgehead atoms. The lowest BCUT2D eigenvalue weighted by atomic mass is 10.1. The van der Waals surface area contributed by atoms with Crippen LogP contribution in [0.3, 0.4) is 0 Å². The first-order chi connectivity index (χ1) is 6.81. The lowest BCUT2D eigenvalue weighted by Gasteiger charge is -2.19. The molecule has 1 heterocycles. The molecule has 0 fully saturated rings. The number of anilines is 1. The molecule has 0 aromatic heterocycles. The van der Waals surface area contributed by atoms with Gasteiger partial charge in [-0.05, 0) is 18.2 Å². The molecule has 1 N–H and O–H groups in total. The van der Waals surface area contributed by atoms with Crippen molar-refractivity contribution in [1.29, 1.82) is 0 Å². The maximum Gasteiger partial charge on any atom is 0.162 e. The average Bonchev–Trinajstić information content (AvgIpc) is 2.27. The first-order valence-corrected chi connectivity index (χ1v) is 4.85. The lowest BCUT2D eigenvalue weighted by Crippen LogP contribution is -2.18. The van der Waals surface area contributed by atoms with Gasteiger partial charge in [-0.25, -0.2) is 0 Å². The SMILES string of the molecule is CCC(=O)c1ccc2c(c1)NCCO2. The van der Waals surface area contributed by atoms with Crippen LogP contribution in [-0.4, -0.2) is 18.9 Å². The third-order valence-electron chi connectivity index (χ3n) is 2.30. The van der Waals surface area contributed by atoms with Gasteiger partial charge in [-0.15, -0.1) is 0 Å². The molecule has 1 aromatic rings. The molecule has 0 atom stereocenters. The summed E-state index contributed by atoms with van der Waals surface area (Å²) in [6, 6.07) is 5.53. The van der Waals surface area contributed by atoms with Gasteiger partial charge in [0.15, 0.2) is 5.78 Å². The highest BCUT2D eigenvalue weighted by Gasteiger charge is 2.11. The Balaban J connectivity index is 2.33. The molecule has 2 rings (SSSR count). The maximum atomic E-state index is 11.4. The van der Waals surface area contributed by atoms with Crippen molar-refractivity contribution in [2.75, 3.05) is 18.5 Å². The second-order valence-electron chi connectivity index (χ2n) is 3.26. The van der Waals surface area contributed by atoms with Crippen molar-refractivity contribution in [1.82, 2.24) is 0 Å². The standard InChI is InChI=1S/C11H13NO2/c1-2-10(13)8-3-4-11-9(7-8)12-5-6-14-11/h3-4,7,12H,2,5-6H2,1H3. The third kappa shape index (κ3) is 1.58. The van der Waals surface area contributed by atoms with Crippen molar-refractivity contribution in [3.05, 3.63) is 23.8 Å². The van der Waals surface area contributed by atoms with Gasteiger partial charge in [0.1, 0.15) is 12.4 Å². The van der Waals surface area contributed by atoms with Gasteiger partial charge in [-0.2, -0.15) is 0 Å². The number of hydrogen-bond donors (Lipinski definition) is 1. The Bertz CT molecular complexity index is 360. The van der Waals surface area contributed by atoms with E-state index in [0.717, 1.165) is 23.5 Å². The molecule has 74 valence electrons. The molecule has 0 radical (unpaired) electrons. The van der Waals surface area contributed by atoms with E-state index in [2.05, 4.69) is 5.32 Å². The summed E-state index contributed by atoms with van der Waals surface area (Å²) in [5.41, 5.74) is 1.68. The second kappa shape index (κ2) is 3.70. The summed E-state index contributed by atoms with van der Waals surface area (Å²) in [5, 5.41) is 3.20. The lowest BCUT2D eigenvalue weighted by molar-refractivity contribution is 0.0988. The van der Waals surface area contributed by atoms with Gasteiger partial charge in [-0.3, -0.25) is 4.79 Å². The fourth-order valence-electron chi connectivity index (χ4n) is 1.52. The zero-order valence-corrected chi connectivity index (χ0v) is 8.17. The molecule has 0 spiro atoms. The number of carbonyl (C=O) groups excluding carboxylic acids is 1. The number of carbonyl (C=O) groups is 1. The summed E-state index contributed by atoms with van der Waals surface area (Å²) in [5.74, 6) is 1.00. The minimum Gasteiger partial charge on any atom is -0.490 e. The van der Waals surface area contributed by atoms with Crippen LogP contribution in [-0.2, 0) is 0 Å². The number of Topliss-reactive ketones (excluding diaryl/α,β-unsaturated/α-hetero) is 1. The van der Waals surface area contributed by atoms with E-state index < -0.39 is 0 Å². The number of rotatable bonds is 2. The highest BCUT2D eigenvalue weighted by atomic mass is 16.5. The van der Waals surface area contributed by atoms with Crippen LogP contribution < -0.4 is 10.1 Å². The monoisotopic (exact) mass is 191 g/mol. The third-order valence-corrected chi connectivity index (χ3v) is 2.30. The van der Waals surface area contributed by atoms with E-state index in [1.54, 1.807) is 0 Å². The average molecular weight is 191 g/mol. The van der Waals surface area contributed by atoms with Gasteiger partial charge in [0, 0.05) is 18.5 Å². The van der Waals surface area contributed by atoms with Crippen molar-refractivity contribution in [2.24, 2.45) is 0 Å². The van der Waals surface area contributed by atoms with Crippen molar-refractivity contribution in [2.45, 2.75) is 13.3 Å². The van der Waals surface area contributed by atoms with Crippen LogP contribution in [0.1, 0.15) is 23.7 Å². The Morgan fingerprint density at radius 2 is 2.43 bits per heavy atom. The van der Waals surface area contributed by atoms with Gasteiger partial charge in [0.2, 0.25) is 0 Å². The zero-order valence-electron chi connectivity index (χ0n) is 8.17. The second-order valence-corrected chi connectivity index (χ2v) is 3.26. The van der Waals surface area contributed by atoms with Crippen molar-refractivity contribution >= 4 is 11.5 Å². The maximum absolute atomic E-state index is 11.4. The van der Waals surface area contributed by atoms with E-state index in [4.69, 9.17) is 4.74 Å². The van der Waals surface area contributed by atoms with Crippen LogP contribution in [0.15, 0.2) is 18.2 Å². The Morgan fingerprint density at radius 3 is 3.21 bits per heavy atom. The number of benzene rings is 1. The van der Waals surface area contributed by atoms with Gasteiger partial charge < -0.3 is 10.1 Å². The quantitative estimate of drug-likeness (QED) is 0.727. The Morgan fingerprint density at radius 1 is 1.57 bits per heavy atom. The summed E-state index contributed by atoms with van der Waals surface area (Å²) < 4.78 is 5.42. The molecule has 1 aliphatic rings. The Kier molecular flexibility index (Phi) is 2.39. The topological polar surface area (TPSA) is 38.3 Å². The molecular formula is C11H13NO2. The minimum atomic E-state index is 0.167. The zero-order chi connectivity index (χ0) is 9.97. The highest BCUT2D eigenvalue weighted by molar-refractivity contribution is 5.97. The molecule has 3 nitrogen and oxygen atoms in total. The van der Waals surface area contributed by atoms with E-state index in [0.29, 0.717) is 13.0 Å². The summed E-state index contributed by atoms with van der Waals surface area (Å²) in [6.07, 6.45) is 0.541. The fraction of sp³-hybridized carbons (Fsp3) is 0.364. The van der Waals surface area contributed by atoms with E-state index in [1.807, 2.05) is 25.1 Å². The number of ketones is 1. The predicted octanol–water partition coefficient (Wildman–Crippen LogP) is 2.08. The summed E-state index contributed by atoms with van der Waals surface area (Å²) in [4.78, 5) is 11.4. The Hall–Kier alpha value is -1.51. The van der Waals surface area contributed by atoms with Gasteiger partial charge in [0.05, 0.1) is 5.69 Å². The van der Waals surface area contributed by atoms with Gasteiger partial charge in [0.25, 0.3) is 0 Å². The predicted molar refractivity (Wildman–Crippen MR) is 55.0 cm³/mol. The highest BCUT2D eigenvalue weighted by Crippen LogP contribution is 2.28. The first kappa shape index (κ1) is 9.06. The number of fused-ring (bicyclic) bond motifs is 1. The van der Waals surface area contributed by atoms with Crippen LogP contribution in [0.25, 0.3) is 0 Å². The fourth-order valence-corrected chi connectivity index (χ4v) is 1.52. The molecule has 14 heavy (non-hydrogen) atoms. The smallest absolute Gasteiger partial charge is 0.162 e. The number of nitrogens with one attached hydrogen (secondary N) is 1. The van der Waals surface area contributed by atoms with Crippen molar-refractivity contribution in [3.8, 4) is 5.75 Å². The molecular weight excluding hydrogens is 178 g/mol. The van der Waals surface area contributed by atoms with E-state index >= 15 is 0 Å². The van der Waals surface area contributed by atoms with Crippen molar-refractivity contribution in [3.63, 3.8) is 0 Å². The summed E-state index contributed by atoms with van der Waals surface area (Å²) in [7, 11) is 0. The molecule has 1 aliphatic heterocycles. The van der Waals surface area contributed by atoms with Gasteiger partial charge >= 0.3 is 0 Å². The molecule has 0 saturated heterocycles. The summed E-state index contributed by atoms with van der Waals surface area (Å²) in [6.45, 7) is 3.36. The molecule has 0 saturated carbocycles. The van der Waals surface area contributed by atoms with Crippen LogP contribution in [0, 0.1) is 0 Å². The number of ether oxygens (including phenoxy) is 1. The van der Waals surface area contributed by atoms with Crippen molar-refractivity contribution < 1.29 is 9.53 Å². The normalized spacial score (nSPS) is 13.8. The minimum absolute atomic E-state index is 0.167. The first-order valence-electron chi connectivity index (χ1n) is 4.85. The van der Waals surface area contributed by atoms with Crippen LogP contribution in [0.5, 0.6) is 5.75 Å². The van der Waals surface area contributed by atoms with Gasteiger partial charge in [-0.1, -0.05) is 6.92 Å². The van der Waals surface area contributed by atoms with Crippen LogP contribution in [0.4, 0.5) is 5.69 Å². The molecule has 0 unspecified atom stereocenters. The van der Waals surface area contributed by atoms with Crippen LogP contribution >= 0.6 is 0 Å².